The lowest BCUT2D eigenvalue weighted by Gasteiger charge is -2.17. The third-order valence-electron chi connectivity index (χ3n) is 3.94. The SMILES string of the molecule is CC(C)C(=O)N(O)Cc1ccc2c(c1)Cc1ccccc1-2. The van der Waals surface area contributed by atoms with Crippen LogP contribution in [0, 0.1) is 5.92 Å². The lowest BCUT2D eigenvalue weighted by molar-refractivity contribution is -0.171. The molecule has 21 heavy (non-hydrogen) atoms. The summed E-state index contributed by atoms with van der Waals surface area (Å²) >= 11 is 0. The number of hydrogen-bond donors (Lipinski definition) is 1. The van der Waals surface area contributed by atoms with E-state index in [9.17, 15) is 10.0 Å². The van der Waals surface area contributed by atoms with Gasteiger partial charge in [0.25, 0.3) is 0 Å². The predicted molar refractivity (Wildman–Crippen MR) is 81.9 cm³/mol. The molecule has 3 heteroatoms. The molecule has 0 saturated heterocycles. The molecule has 108 valence electrons. The summed E-state index contributed by atoms with van der Waals surface area (Å²) in [4.78, 5) is 11.7. The fourth-order valence-corrected chi connectivity index (χ4v) is 2.85. The smallest absolute Gasteiger partial charge is 0.248 e. The van der Waals surface area contributed by atoms with Crippen molar-refractivity contribution in [1.29, 1.82) is 0 Å². The Balaban J connectivity index is 1.83. The first-order valence-electron chi connectivity index (χ1n) is 7.26. The van der Waals surface area contributed by atoms with Crippen LogP contribution in [0.25, 0.3) is 11.1 Å². The molecule has 0 aromatic heterocycles. The molecule has 0 fully saturated rings. The number of fused-ring (bicyclic) bond motifs is 3. The molecule has 0 radical (unpaired) electrons. The molecule has 0 saturated carbocycles. The molecule has 3 nitrogen and oxygen atoms in total. The molecule has 1 aliphatic rings. The van der Waals surface area contributed by atoms with Gasteiger partial charge in [-0.1, -0.05) is 56.3 Å². The Morgan fingerprint density at radius 2 is 1.86 bits per heavy atom. The van der Waals surface area contributed by atoms with Crippen molar-refractivity contribution in [3.8, 4) is 11.1 Å². The van der Waals surface area contributed by atoms with Gasteiger partial charge in [0, 0.05) is 5.92 Å². The van der Waals surface area contributed by atoms with Crippen molar-refractivity contribution in [3.05, 3.63) is 59.2 Å². The minimum Gasteiger partial charge on any atom is -0.286 e. The van der Waals surface area contributed by atoms with Crippen molar-refractivity contribution < 1.29 is 10.0 Å². The zero-order valence-corrected chi connectivity index (χ0v) is 12.3. The fraction of sp³-hybridized carbons (Fsp3) is 0.278. The molecule has 0 atom stereocenters. The summed E-state index contributed by atoms with van der Waals surface area (Å²) < 4.78 is 0. The number of amides is 1. The van der Waals surface area contributed by atoms with Crippen molar-refractivity contribution in [1.82, 2.24) is 5.06 Å². The van der Waals surface area contributed by atoms with E-state index in [1.165, 1.54) is 22.3 Å². The van der Waals surface area contributed by atoms with Gasteiger partial charge in [-0.3, -0.25) is 10.0 Å². The minimum atomic E-state index is -0.251. The van der Waals surface area contributed by atoms with Gasteiger partial charge in [0.15, 0.2) is 0 Å². The van der Waals surface area contributed by atoms with Crippen LogP contribution in [0.2, 0.25) is 0 Å². The summed E-state index contributed by atoms with van der Waals surface area (Å²) in [6.45, 7) is 3.80. The van der Waals surface area contributed by atoms with Gasteiger partial charge in [-0.15, -0.1) is 0 Å². The van der Waals surface area contributed by atoms with Crippen LogP contribution in [-0.2, 0) is 17.8 Å². The molecule has 1 aliphatic carbocycles. The molecule has 0 spiro atoms. The number of hydroxylamine groups is 2. The van der Waals surface area contributed by atoms with Crippen LogP contribution in [0.4, 0.5) is 0 Å². The van der Waals surface area contributed by atoms with E-state index in [2.05, 4.69) is 36.4 Å². The van der Waals surface area contributed by atoms with Crippen LogP contribution in [-0.4, -0.2) is 16.2 Å². The summed E-state index contributed by atoms with van der Waals surface area (Å²) in [5.41, 5.74) is 6.10. The maximum atomic E-state index is 11.7. The molecular weight excluding hydrogens is 262 g/mol. The Morgan fingerprint density at radius 3 is 2.62 bits per heavy atom. The second-order valence-electron chi connectivity index (χ2n) is 5.88. The monoisotopic (exact) mass is 281 g/mol. The predicted octanol–water partition coefficient (Wildman–Crippen LogP) is 3.63. The highest BCUT2D eigenvalue weighted by Crippen LogP contribution is 2.36. The van der Waals surface area contributed by atoms with Gasteiger partial charge in [0.2, 0.25) is 5.91 Å². The van der Waals surface area contributed by atoms with E-state index in [1.807, 2.05) is 6.07 Å². The van der Waals surface area contributed by atoms with E-state index >= 15 is 0 Å². The Bertz CT molecular complexity index is 691. The second-order valence-corrected chi connectivity index (χ2v) is 5.88. The van der Waals surface area contributed by atoms with Crippen LogP contribution in [0.1, 0.15) is 30.5 Å². The van der Waals surface area contributed by atoms with Crippen molar-refractivity contribution in [2.75, 3.05) is 0 Å². The first-order chi connectivity index (χ1) is 10.1. The molecule has 0 heterocycles. The van der Waals surface area contributed by atoms with Gasteiger partial charge in [-0.2, -0.15) is 0 Å². The standard InChI is InChI=1S/C18H19NO2/c1-12(2)18(20)19(21)11-13-7-8-17-15(9-13)10-14-5-3-4-6-16(14)17/h3-9,12,21H,10-11H2,1-2H3. The second kappa shape index (κ2) is 5.34. The molecule has 0 aliphatic heterocycles. The van der Waals surface area contributed by atoms with Crippen LogP contribution >= 0.6 is 0 Å². The van der Waals surface area contributed by atoms with Gasteiger partial charge < -0.3 is 0 Å². The number of rotatable bonds is 3. The number of carbonyl (C=O) groups is 1. The van der Waals surface area contributed by atoms with Crippen LogP contribution in [0.3, 0.4) is 0 Å². The molecule has 2 aromatic rings. The molecule has 0 unspecified atom stereocenters. The molecule has 2 aromatic carbocycles. The van der Waals surface area contributed by atoms with Crippen LogP contribution in [0.5, 0.6) is 0 Å². The van der Waals surface area contributed by atoms with E-state index in [1.54, 1.807) is 13.8 Å². The Morgan fingerprint density at radius 1 is 1.14 bits per heavy atom. The number of carbonyl (C=O) groups excluding carboxylic acids is 1. The number of hydrogen-bond acceptors (Lipinski definition) is 2. The fourth-order valence-electron chi connectivity index (χ4n) is 2.85. The number of nitrogens with zero attached hydrogens (tertiary/aromatic N) is 1. The van der Waals surface area contributed by atoms with E-state index in [0.29, 0.717) is 0 Å². The highest BCUT2D eigenvalue weighted by atomic mass is 16.5. The first-order valence-corrected chi connectivity index (χ1v) is 7.26. The zero-order chi connectivity index (χ0) is 15.0. The Kier molecular flexibility index (Phi) is 3.52. The minimum absolute atomic E-state index is 0.200. The van der Waals surface area contributed by atoms with Gasteiger partial charge in [-0.05, 0) is 34.2 Å². The molecule has 0 bridgehead atoms. The van der Waals surface area contributed by atoms with Gasteiger partial charge in [0.05, 0.1) is 6.54 Å². The van der Waals surface area contributed by atoms with Gasteiger partial charge >= 0.3 is 0 Å². The van der Waals surface area contributed by atoms with E-state index in [0.717, 1.165) is 17.0 Å². The van der Waals surface area contributed by atoms with E-state index in [4.69, 9.17) is 0 Å². The van der Waals surface area contributed by atoms with Crippen molar-refractivity contribution >= 4 is 5.91 Å². The Labute approximate surface area is 124 Å². The van der Waals surface area contributed by atoms with E-state index in [-0.39, 0.29) is 18.4 Å². The van der Waals surface area contributed by atoms with Crippen LogP contribution < -0.4 is 0 Å². The topological polar surface area (TPSA) is 40.5 Å². The maximum absolute atomic E-state index is 11.7. The molecule has 3 rings (SSSR count). The highest BCUT2D eigenvalue weighted by molar-refractivity contribution is 5.78. The average molecular weight is 281 g/mol. The lowest BCUT2D eigenvalue weighted by Crippen LogP contribution is -2.30. The largest absolute Gasteiger partial charge is 0.286 e. The summed E-state index contributed by atoms with van der Waals surface area (Å²) in [5.74, 6) is -0.451. The summed E-state index contributed by atoms with van der Waals surface area (Å²) in [6.07, 6.45) is 0.920. The Hall–Kier alpha value is -2.13. The molecular formula is C18H19NO2. The average Bonchev–Trinajstić information content (AvgIpc) is 2.83. The zero-order valence-electron chi connectivity index (χ0n) is 12.3. The summed E-state index contributed by atoms with van der Waals surface area (Å²) in [6, 6.07) is 14.6. The normalized spacial score (nSPS) is 12.2. The van der Waals surface area contributed by atoms with Gasteiger partial charge in [0.1, 0.15) is 0 Å². The third kappa shape index (κ3) is 2.57. The molecule has 1 N–H and O–H groups in total. The first kappa shape index (κ1) is 13.8. The highest BCUT2D eigenvalue weighted by Gasteiger charge is 2.19. The number of benzene rings is 2. The van der Waals surface area contributed by atoms with Crippen molar-refractivity contribution in [2.24, 2.45) is 5.92 Å². The summed E-state index contributed by atoms with van der Waals surface area (Å²) in [5, 5.41) is 10.7. The maximum Gasteiger partial charge on any atom is 0.248 e. The van der Waals surface area contributed by atoms with Crippen molar-refractivity contribution in [2.45, 2.75) is 26.8 Å². The lowest BCUT2D eigenvalue weighted by atomic mass is 10.0. The van der Waals surface area contributed by atoms with Crippen LogP contribution in [0.15, 0.2) is 42.5 Å². The summed E-state index contributed by atoms with van der Waals surface area (Å²) in [7, 11) is 0. The molecule has 1 amide bonds. The quantitative estimate of drug-likeness (QED) is 0.588. The third-order valence-corrected chi connectivity index (χ3v) is 3.94. The van der Waals surface area contributed by atoms with Crippen molar-refractivity contribution in [3.63, 3.8) is 0 Å². The van der Waals surface area contributed by atoms with Gasteiger partial charge in [-0.25, -0.2) is 5.06 Å². The van der Waals surface area contributed by atoms with E-state index < -0.39 is 0 Å².